The van der Waals surface area contributed by atoms with E-state index in [1.165, 1.54) is 23.5 Å². The number of hydrogen-bond acceptors (Lipinski definition) is 3. The van der Waals surface area contributed by atoms with Gasteiger partial charge in [0, 0.05) is 5.56 Å². The van der Waals surface area contributed by atoms with E-state index in [1.54, 1.807) is 0 Å². The summed E-state index contributed by atoms with van der Waals surface area (Å²) in [5.74, 6) is 5.78. The molecule has 1 aromatic carbocycles. The molecule has 0 aliphatic heterocycles. The van der Waals surface area contributed by atoms with Crippen LogP contribution in [-0.2, 0) is 0 Å². The Labute approximate surface area is 87.3 Å². The first-order valence-electron chi connectivity index (χ1n) is 4.39. The highest BCUT2D eigenvalue weighted by Gasteiger charge is 1.81. The fourth-order valence-corrected chi connectivity index (χ4v) is 0.988. The maximum atomic E-state index is 3.97. The summed E-state index contributed by atoms with van der Waals surface area (Å²) >= 11 is 0. The van der Waals surface area contributed by atoms with Gasteiger partial charge in [-0.3, -0.25) is 0 Å². The van der Waals surface area contributed by atoms with Crippen LogP contribution in [0.1, 0.15) is 5.56 Å². The SMILES string of the molecule is C(#Cc1ccccc1)/C=N/n1cnnc1. The largest absolute Gasteiger partial charge is 0.207 e. The summed E-state index contributed by atoms with van der Waals surface area (Å²) in [7, 11) is 0. The van der Waals surface area contributed by atoms with Crippen molar-refractivity contribution < 1.29 is 0 Å². The quantitative estimate of drug-likeness (QED) is 0.507. The first-order chi connectivity index (χ1) is 7.45. The maximum Gasteiger partial charge on any atom is 0.141 e. The highest BCUT2D eigenvalue weighted by molar-refractivity contribution is 5.79. The monoisotopic (exact) mass is 196 g/mol. The summed E-state index contributed by atoms with van der Waals surface area (Å²) in [6, 6.07) is 9.73. The summed E-state index contributed by atoms with van der Waals surface area (Å²) in [5.41, 5.74) is 0.965. The lowest BCUT2D eigenvalue weighted by Crippen LogP contribution is -1.82. The molecule has 2 aromatic rings. The summed E-state index contributed by atoms with van der Waals surface area (Å²) in [6.45, 7) is 0. The second kappa shape index (κ2) is 4.72. The van der Waals surface area contributed by atoms with Crippen LogP contribution in [0.2, 0.25) is 0 Å². The molecule has 0 unspecified atom stereocenters. The Hall–Kier alpha value is -2.41. The van der Waals surface area contributed by atoms with Crippen molar-refractivity contribution in [2.75, 3.05) is 0 Å². The predicted octanol–water partition coefficient (Wildman–Crippen LogP) is 1.16. The van der Waals surface area contributed by atoms with E-state index in [4.69, 9.17) is 0 Å². The number of rotatable bonds is 1. The molecule has 0 bridgehead atoms. The van der Waals surface area contributed by atoms with E-state index in [0.29, 0.717) is 0 Å². The lowest BCUT2D eigenvalue weighted by Gasteiger charge is -1.85. The lowest BCUT2D eigenvalue weighted by molar-refractivity contribution is 0.880. The van der Waals surface area contributed by atoms with Crippen LogP contribution < -0.4 is 0 Å². The van der Waals surface area contributed by atoms with Gasteiger partial charge in [-0.15, -0.1) is 10.2 Å². The highest BCUT2D eigenvalue weighted by Crippen LogP contribution is 1.93. The Morgan fingerprint density at radius 3 is 2.60 bits per heavy atom. The minimum absolute atomic E-state index is 0.965. The van der Waals surface area contributed by atoms with Crippen LogP contribution in [0.15, 0.2) is 48.1 Å². The summed E-state index contributed by atoms with van der Waals surface area (Å²) in [4.78, 5) is 0. The molecule has 1 aromatic heterocycles. The van der Waals surface area contributed by atoms with Crippen LogP contribution in [0, 0.1) is 11.8 Å². The zero-order valence-corrected chi connectivity index (χ0v) is 7.91. The number of benzene rings is 1. The topological polar surface area (TPSA) is 43.1 Å². The first kappa shape index (κ1) is 9.16. The van der Waals surface area contributed by atoms with E-state index in [-0.39, 0.29) is 0 Å². The molecule has 15 heavy (non-hydrogen) atoms. The van der Waals surface area contributed by atoms with Gasteiger partial charge in [0.05, 0.1) is 6.21 Å². The minimum atomic E-state index is 0.965. The van der Waals surface area contributed by atoms with Crippen LogP contribution in [0.5, 0.6) is 0 Å². The molecular formula is C11H8N4. The van der Waals surface area contributed by atoms with Crippen LogP contribution in [-0.4, -0.2) is 21.1 Å². The number of nitrogens with zero attached hydrogens (tertiary/aromatic N) is 4. The molecule has 0 saturated carbocycles. The van der Waals surface area contributed by atoms with Gasteiger partial charge in [0.1, 0.15) is 12.7 Å². The second-order valence-electron chi connectivity index (χ2n) is 2.72. The van der Waals surface area contributed by atoms with Crippen LogP contribution in [0.4, 0.5) is 0 Å². The Balaban J connectivity index is 2.02. The fourth-order valence-electron chi connectivity index (χ4n) is 0.988. The molecule has 0 saturated heterocycles. The van der Waals surface area contributed by atoms with Gasteiger partial charge in [-0.25, -0.2) is 4.68 Å². The van der Waals surface area contributed by atoms with Gasteiger partial charge in [0.25, 0.3) is 0 Å². The first-order valence-corrected chi connectivity index (χ1v) is 4.39. The van der Waals surface area contributed by atoms with Crippen molar-refractivity contribution in [1.82, 2.24) is 14.9 Å². The van der Waals surface area contributed by atoms with Gasteiger partial charge in [0.2, 0.25) is 0 Å². The molecule has 0 spiro atoms. The molecule has 0 amide bonds. The molecule has 0 fully saturated rings. The molecule has 0 aliphatic rings. The van der Waals surface area contributed by atoms with Crippen LogP contribution in [0.25, 0.3) is 0 Å². The normalized spacial score (nSPS) is 9.87. The van der Waals surface area contributed by atoms with Gasteiger partial charge in [-0.05, 0) is 18.1 Å². The Kier molecular flexibility index (Phi) is 2.88. The zero-order chi connectivity index (χ0) is 10.3. The Morgan fingerprint density at radius 2 is 1.87 bits per heavy atom. The molecule has 4 nitrogen and oxygen atoms in total. The second-order valence-corrected chi connectivity index (χ2v) is 2.72. The summed E-state index contributed by atoms with van der Waals surface area (Å²) in [5, 5.41) is 11.2. The number of aromatic nitrogens is 3. The molecule has 1 heterocycles. The predicted molar refractivity (Wildman–Crippen MR) is 57.2 cm³/mol. The highest BCUT2D eigenvalue weighted by atomic mass is 15.4. The van der Waals surface area contributed by atoms with Gasteiger partial charge < -0.3 is 0 Å². The molecule has 0 atom stereocenters. The zero-order valence-electron chi connectivity index (χ0n) is 7.91. The fraction of sp³-hybridized carbons (Fsp3) is 0. The minimum Gasteiger partial charge on any atom is -0.207 e. The van der Waals surface area contributed by atoms with Crippen molar-refractivity contribution in [3.05, 3.63) is 48.5 Å². The van der Waals surface area contributed by atoms with Gasteiger partial charge in [-0.2, -0.15) is 5.10 Å². The van der Waals surface area contributed by atoms with Crippen molar-refractivity contribution in [2.45, 2.75) is 0 Å². The van der Waals surface area contributed by atoms with Crippen molar-refractivity contribution in [3.63, 3.8) is 0 Å². The van der Waals surface area contributed by atoms with E-state index in [1.807, 2.05) is 30.3 Å². The van der Waals surface area contributed by atoms with E-state index in [9.17, 15) is 0 Å². The van der Waals surface area contributed by atoms with Gasteiger partial charge >= 0.3 is 0 Å². The molecule has 0 N–H and O–H groups in total. The van der Waals surface area contributed by atoms with Crippen molar-refractivity contribution in [1.29, 1.82) is 0 Å². The molecular weight excluding hydrogens is 188 g/mol. The van der Waals surface area contributed by atoms with E-state index in [2.05, 4.69) is 27.1 Å². The summed E-state index contributed by atoms with van der Waals surface area (Å²) < 4.78 is 1.49. The van der Waals surface area contributed by atoms with Crippen LogP contribution in [0.3, 0.4) is 0 Å². The third kappa shape index (κ3) is 2.78. The lowest BCUT2D eigenvalue weighted by atomic mass is 10.2. The molecule has 0 aliphatic carbocycles. The Morgan fingerprint density at radius 1 is 1.13 bits per heavy atom. The standard InChI is InChI=1S/C11H8N4/c1-2-5-11(6-3-1)7-4-8-14-15-9-12-13-10-15/h1-3,5-6,8-10H/b14-8+. The maximum absolute atomic E-state index is 3.97. The number of hydrogen-bond donors (Lipinski definition) is 0. The third-order valence-corrected chi connectivity index (χ3v) is 1.65. The molecule has 72 valence electrons. The Bertz CT molecular complexity index is 488. The molecule has 4 heteroatoms. The molecule has 0 radical (unpaired) electrons. The molecule has 2 rings (SSSR count). The third-order valence-electron chi connectivity index (χ3n) is 1.65. The van der Waals surface area contributed by atoms with Crippen molar-refractivity contribution in [3.8, 4) is 11.8 Å². The average Bonchev–Trinajstić information content (AvgIpc) is 2.79. The van der Waals surface area contributed by atoms with Gasteiger partial charge in [-0.1, -0.05) is 24.1 Å². The average molecular weight is 196 g/mol. The van der Waals surface area contributed by atoms with E-state index < -0.39 is 0 Å². The van der Waals surface area contributed by atoms with Crippen molar-refractivity contribution in [2.24, 2.45) is 5.10 Å². The van der Waals surface area contributed by atoms with E-state index in [0.717, 1.165) is 5.56 Å². The van der Waals surface area contributed by atoms with Gasteiger partial charge in [0.15, 0.2) is 0 Å². The summed E-state index contributed by atoms with van der Waals surface area (Å²) in [6.07, 6.45) is 4.51. The van der Waals surface area contributed by atoms with E-state index >= 15 is 0 Å². The van der Waals surface area contributed by atoms with Crippen LogP contribution >= 0.6 is 0 Å². The smallest absolute Gasteiger partial charge is 0.141 e. The van der Waals surface area contributed by atoms with Crippen molar-refractivity contribution >= 4 is 6.21 Å².